The second-order valence-electron chi connectivity index (χ2n) is 6.81. The summed E-state index contributed by atoms with van der Waals surface area (Å²) in [7, 11) is 3.11. The van der Waals surface area contributed by atoms with Gasteiger partial charge in [-0.25, -0.2) is 9.78 Å². The lowest BCUT2D eigenvalue weighted by Crippen LogP contribution is -2.37. The van der Waals surface area contributed by atoms with Gasteiger partial charge in [-0.3, -0.25) is 9.80 Å². The first-order valence-corrected chi connectivity index (χ1v) is 8.92. The van der Waals surface area contributed by atoms with Crippen molar-refractivity contribution >= 4 is 11.9 Å². The van der Waals surface area contributed by atoms with Crippen LogP contribution in [0, 0.1) is 0 Å². The number of methoxy groups -OCH3 is 2. The SMILES string of the molecule is COC(OC)c1nc2c(cc1CN1C(C)COC1C)CCCN2C(=O)O. The van der Waals surface area contributed by atoms with Crippen LogP contribution in [0.3, 0.4) is 0 Å². The molecule has 0 spiro atoms. The fourth-order valence-electron chi connectivity index (χ4n) is 3.70. The molecule has 2 aliphatic heterocycles. The number of aryl methyl sites for hydroxylation is 1. The zero-order valence-electron chi connectivity index (χ0n) is 15.8. The number of hydrogen-bond acceptors (Lipinski definition) is 6. The zero-order valence-corrected chi connectivity index (χ0v) is 15.8. The van der Waals surface area contributed by atoms with E-state index in [-0.39, 0.29) is 6.23 Å². The summed E-state index contributed by atoms with van der Waals surface area (Å²) in [6.45, 7) is 5.96. The highest BCUT2D eigenvalue weighted by molar-refractivity contribution is 5.86. The van der Waals surface area contributed by atoms with Gasteiger partial charge in [0.15, 0.2) is 0 Å². The van der Waals surface area contributed by atoms with Crippen LogP contribution >= 0.6 is 0 Å². The summed E-state index contributed by atoms with van der Waals surface area (Å²) in [4.78, 5) is 19.8. The standard InChI is InChI=1S/C18H27N3O5/c1-11-10-26-12(2)21(11)9-14-8-13-6-5-7-20(18(22)23)16(13)19-15(14)17(24-3)25-4/h8,11-12,17H,5-7,9-10H2,1-4H3,(H,22,23). The molecule has 0 bridgehead atoms. The highest BCUT2D eigenvalue weighted by Crippen LogP contribution is 2.32. The van der Waals surface area contributed by atoms with E-state index in [4.69, 9.17) is 14.2 Å². The molecule has 1 fully saturated rings. The first-order chi connectivity index (χ1) is 12.5. The van der Waals surface area contributed by atoms with Gasteiger partial charge in [-0.1, -0.05) is 0 Å². The highest BCUT2D eigenvalue weighted by Gasteiger charge is 2.32. The molecule has 0 aliphatic carbocycles. The number of fused-ring (bicyclic) bond motifs is 1. The van der Waals surface area contributed by atoms with Crippen LogP contribution in [-0.4, -0.2) is 60.7 Å². The van der Waals surface area contributed by atoms with E-state index in [9.17, 15) is 9.90 Å². The maximum atomic E-state index is 11.6. The van der Waals surface area contributed by atoms with E-state index >= 15 is 0 Å². The number of hydrogen-bond donors (Lipinski definition) is 1. The van der Waals surface area contributed by atoms with Crippen LogP contribution in [0.15, 0.2) is 6.07 Å². The molecular formula is C18H27N3O5. The van der Waals surface area contributed by atoms with Gasteiger partial charge in [0.1, 0.15) is 17.7 Å². The molecule has 0 radical (unpaired) electrons. The Labute approximate surface area is 153 Å². The molecule has 3 heterocycles. The molecule has 1 N–H and O–H groups in total. The van der Waals surface area contributed by atoms with Crippen molar-refractivity contribution < 1.29 is 24.1 Å². The van der Waals surface area contributed by atoms with Gasteiger partial charge in [-0.15, -0.1) is 0 Å². The molecule has 2 atom stereocenters. The van der Waals surface area contributed by atoms with Crippen molar-refractivity contribution in [3.63, 3.8) is 0 Å². The number of amides is 1. The van der Waals surface area contributed by atoms with Gasteiger partial charge < -0.3 is 19.3 Å². The predicted molar refractivity (Wildman–Crippen MR) is 95.1 cm³/mol. The van der Waals surface area contributed by atoms with E-state index in [1.165, 1.54) is 4.90 Å². The van der Waals surface area contributed by atoms with Gasteiger partial charge in [-0.05, 0) is 43.9 Å². The number of aromatic nitrogens is 1. The van der Waals surface area contributed by atoms with Gasteiger partial charge in [0.05, 0.1) is 6.61 Å². The Balaban J connectivity index is 2.03. The topological polar surface area (TPSA) is 84.4 Å². The van der Waals surface area contributed by atoms with E-state index in [2.05, 4.69) is 22.9 Å². The number of nitrogens with zero attached hydrogens (tertiary/aromatic N) is 3. The van der Waals surface area contributed by atoms with Gasteiger partial charge in [0.2, 0.25) is 6.29 Å². The average molecular weight is 365 g/mol. The smallest absolute Gasteiger partial charge is 0.413 e. The molecule has 8 nitrogen and oxygen atoms in total. The van der Waals surface area contributed by atoms with Crippen LogP contribution < -0.4 is 4.90 Å². The van der Waals surface area contributed by atoms with Crippen molar-refractivity contribution in [2.45, 2.75) is 51.8 Å². The Morgan fingerprint density at radius 2 is 2.15 bits per heavy atom. The molecular weight excluding hydrogens is 338 g/mol. The third-order valence-electron chi connectivity index (χ3n) is 5.12. The summed E-state index contributed by atoms with van der Waals surface area (Å²) in [6.07, 6.45) is -0.0168. The third kappa shape index (κ3) is 3.55. The van der Waals surface area contributed by atoms with Crippen LogP contribution in [0.25, 0.3) is 0 Å². The minimum Gasteiger partial charge on any atom is -0.465 e. The zero-order chi connectivity index (χ0) is 18.8. The quantitative estimate of drug-likeness (QED) is 0.802. The van der Waals surface area contributed by atoms with Gasteiger partial charge in [-0.2, -0.15) is 0 Å². The fraction of sp³-hybridized carbons (Fsp3) is 0.667. The number of ether oxygens (including phenoxy) is 3. The molecule has 1 aromatic rings. The third-order valence-corrected chi connectivity index (χ3v) is 5.12. The minimum atomic E-state index is -0.987. The van der Waals surface area contributed by atoms with Crippen molar-refractivity contribution in [2.75, 3.05) is 32.3 Å². The van der Waals surface area contributed by atoms with E-state index in [0.29, 0.717) is 37.3 Å². The molecule has 26 heavy (non-hydrogen) atoms. The van der Waals surface area contributed by atoms with Gasteiger partial charge >= 0.3 is 6.09 Å². The lowest BCUT2D eigenvalue weighted by molar-refractivity contribution is -0.109. The fourth-order valence-corrected chi connectivity index (χ4v) is 3.70. The van der Waals surface area contributed by atoms with Crippen LogP contribution in [0.5, 0.6) is 0 Å². The summed E-state index contributed by atoms with van der Waals surface area (Å²) < 4.78 is 16.6. The molecule has 3 rings (SSSR count). The Morgan fingerprint density at radius 3 is 2.73 bits per heavy atom. The number of carboxylic acid groups (broad SMARTS) is 1. The van der Waals surface area contributed by atoms with Crippen LogP contribution in [0.4, 0.5) is 10.6 Å². The lowest BCUT2D eigenvalue weighted by atomic mass is 10.0. The number of rotatable bonds is 5. The van der Waals surface area contributed by atoms with Crippen molar-refractivity contribution in [3.05, 3.63) is 22.9 Å². The van der Waals surface area contributed by atoms with Crippen LogP contribution in [0.2, 0.25) is 0 Å². The molecule has 2 unspecified atom stereocenters. The highest BCUT2D eigenvalue weighted by atomic mass is 16.7. The van der Waals surface area contributed by atoms with Crippen molar-refractivity contribution in [1.82, 2.24) is 9.88 Å². The largest absolute Gasteiger partial charge is 0.465 e. The van der Waals surface area contributed by atoms with E-state index in [0.717, 1.165) is 24.0 Å². The van der Waals surface area contributed by atoms with E-state index in [1.807, 2.05) is 6.92 Å². The van der Waals surface area contributed by atoms with Gasteiger partial charge in [0.25, 0.3) is 0 Å². The van der Waals surface area contributed by atoms with Crippen molar-refractivity contribution in [2.24, 2.45) is 0 Å². The molecule has 1 aromatic heterocycles. The van der Waals surface area contributed by atoms with E-state index in [1.54, 1.807) is 14.2 Å². The minimum absolute atomic E-state index is 0.0212. The summed E-state index contributed by atoms with van der Waals surface area (Å²) in [5.41, 5.74) is 2.55. The summed E-state index contributed by atoms with van der Waals surface area (Å²) >= 11 is 0. The van der Waals surface area contributed by atoms with Gasteiger partial charge in [0, 0.05) is 33.4 Å². The molecule has 0 saturated carbocycles. The molecule has 1 saturated heterocycles. The van der Waals surface area contributed by atoms with Crippen LogP contribution in [-0.2, 0) is 27.2 Å². The normalized spacial score (nSPS) is 23.5. The maximum absolute atomic E-state index is 11.6. The maximum Gasteiger partial charge on any atom is 0.413 e. The summed E-state index contributed by atoms with van der Waals surface area (Å²) in [6, 6.07) is 2.35. The number of pyridine rings is 1. The number of anilines is 1. The second kappa shape index (κ2) is 7.87. The van der Waals surface area contributed by atoms with Crippen molar-refractivity contribution in [3.8, 4) is 0 Å². The Hall–Kier alpha value is -1.74. The second-order valence-corrected chi connectivity index (χ2v) is 6.81. The Kier molecular flexibility index (Phi) is 5.76. The van der Waals surface area contributed by atoms with Crippen molar-refractivity contribution in [1.29, 1.82) is 0 Å². The lowest BCUT2D eigenvalue weighted by Gasteiger charge is -2.30. The average Bonchev–Trinajstić information content (AvgIpc) is 2.94. The molecule has 0 aromatic carbocycles. The monoisotopic (exact) mass is 365 g/mol. The number of carbonyl (C=O) groups is 1. The predicted octanol–water partition coefficient (Wildman–Crippen LogP) is 2.37. The molecule has 2 aliphatic rings. The molecule has 1 amide bonds. The molecule has 8 heteroatoms. The molecule has 144 valence electrons. The Morgan fingerprint density at radius 1 is 1.42 bits per heavy atom. The van der Waals surface area contributed by atoms with Crippen LogP contribution in [0.1, 0.15) is 43.4 Å². The summed E-state index contributed by atoms with van der Waals surface area (Å²) in [5, 5.41) is 9.50. The first-order valence-electron chi connectivity index (χ1n) is 8.92. The van der Waals surface area contributed by atoms with E-state index < -0.39 is 12.4 Å². The first kappa shape index (κ1) is 19.0. The Bertz CT molecular complexity index is 654. The summed E-state index contributed by atoms with van der Waals surface area (Å²) in [5.74, 6) is 0.486.